The number of thiophene rings is 1. The van der Waals surface area contributed by atoms with Gasteiger partial charge >= 0.3 is 5.97 Å². The molecule has 3 rings (SSSR count). The number of aromatic nitrogens is 2. The Morgan fingerprint density at radius 2 is 1.97 bits per heavy atom. The maximum atomic E-state index is 13.0. The number of methoxy groups -OCH3 is 1. The first kappa shape index (κ1) is 21.6. The maximum Gasteiger partial charge on any atom is 0.348 e. The monoisotopic (exact) mass is 433 g/mol. The largest absolute Gasteiger partial charge is 0.459 e. The second kappa shape index (κ2) is 9.14. The number of halogens is 1. The van der Waals surface area contributed by atoms with Gasteiger partial charge < -0.3 is 14.8 Å². The van der Waals surface area contributed by atoms with Crippen LogP contribution >= 0.6 is 11.3 Å². The highest BCUT2D eigenvalue weighted by Crippen LogP contribution is 2.28. The van der Waals surface area contributed by atoms with Crippen molar-refractivity contribution in [2.75, 3.05) is 25.6 Å². The molecule has 0 aliphatic carbocycles. The van der Waals surface area contributed by atoms with Crippen LogP contribution < -0.4 is 10.9 Å². The van der Waals surface area contributed by atoms with Gasteiger partial charge in [0, 0.05) is 12.8 Å². The third kappa shape index (κ3) is 4.39. The number of aryl methyl sites for hydroxylation is 1. The molecule has 1 atom stereocenters. The predicted molar refractivity (Wildman–Crippen MR) is 111 cm³/mol. The van der Waals surface area contributed by atoms with Gasteiger partial charge in [0.1, 0.15) is 28.2 Å². The van der Waals surface area contributed by atoms with Gasteiger partial charge in [-0.1, -0.05) is 0 Å². The third-order valence-corrected chi connectivity index (χ3v) is 5.67. The van der Waals surface area contributed by atoms with Crippen LogP contribution in [0.25, 0.3) is 10.2 Å². The fraction of sp³-hybridized carbons (Fsp3) is 0.300. The summed E-state index contributed by atoms with van der Waals surface area (Å²) in [5.41, 5.74) is 0.421. The number of nitrogens with zero attached hydrogens (tertiary/aromatic N) is 2. The molecule has 0 aliphatic heterocycles. The van der Waals surface area contributed by atoms with Crippen LogP contribution in [0, 0.1) is 12.7 Å². The fourth-order valence-corrected chi connectivity index (χ4v) is 3.83. The van der Waals surface area contributed by atoms with Crippen LogP contribution in [0.5, 0.6) is 0 Å². The molecule has 158 valence electrons. The molecule has 0 saturated heterocycles. The van der Waals surface area contributed by atoms with Crippen molar-refractivity contribution >= 4 is 39.1 Å². The lowest BCUT2D eigenvalue weighted by Gasteiger charge is -2.15. The van der Waals surface area contributed by atoms with Crippen molar-refractivity contribution in [1.82, 2.24) is 9.55 Å². The van der Waals surface area contributed by atoms with Gasteiger partial charge in [0.15, 0.2) is 0 Å². The summed E-state index contributed by atoms with van der Waals surface area (Å²) in [6.45, 7) is 3.56. The van der Waals surface area contributed by atoms with Crippen molar-refractivity contribution in [2.45, 2.75) is 19.9 Å². The summed E-state index contributed by atoms with van der Waals surface area (Å²) in [6.07, 6.45) is 1.27. The summed E-state index contributed by atoms with van der Waals surface area (Å²) in [6, 6.07) is 4.42. The molecule has 1 amide bonds. The first-order valence-corrected chi connectivity index (χ1v) is 9.88. The minimum atomic E-state index is -0.879. The molecule has 0 aliphatic rings. The molecular formula is C20H20FN3O5S. The Morgan fingerprint density at radius 1 is 1.27 bits per heavy atom. The Bertz CT molecular complexity index is 1140. The molecule has 0 fully saturated rings. The topological polar surface area (TPSA) is 99.5 Å². The van der Waals surface area contributed by atoms with Gasteiger partial charge in [-0.05, 0) is 43.7 Å². The molecular weight excluding hydrogens is 413 g/mol. The van der Waals surface area contributed by atoms with Crippen molar-refractivity contribution in [3.8, 4) is 0 Å². The average molecular weight is 433 g/mol. The highest BCUT2D eigenvalue weighted by Gasteiger charge is 2.23. The summed E-state index contributed by atoms with van der Waals surface area (Å²) in [5.74, 6) is -1.44. The van der Waals surface area contributed by atoms with Gasteiger partial charge in [-0.25, -0.2) is 14.2 Å². The van der Waals surface area contributed by atoms with Crippen LogP contribution in [-0.2, 0) is 14.3 Å². The minimum absolute atomic E-state index is 0.0985. The van der Waals surface area contributed by atoms with Gasteiger partial charge in [-0.3, -0.25) is 14.2 Å². The molecule has 1 aromatic carbocycles. The number of carbonyl (C=O) groups is 2. The molecule has 30 heavy (non-hydrogen) atoms. The summed E-state index contributed by atoms with van der Waals surface area (Å²) in [4.78, 5) is 42.8. The Labute approximate surface area is 175 Å². The van der Waals surface area contributed by atoms with Crippen molar-refractivity contribution in [3.05, 3.63) is 57.2 Å². The zero-order chi connectivity index (χ0) is 21.8. The Morgan fingerprint density at radius 3 is 2.63 bits per heavy atom. The van der Waals surface area contributed by atoms with Crippen LogP contribution in [0.15, 0.2) is 35.4 Å². The van der Waals surface area contributed by atoms with Crippen LogP contribution in [0.2, 0.25) is 0 Å². The van der Waals surface area contributed by atoms with Gasteiger partial charge in [0.2, 0.25) is 5.91 Å². The van der Waals surface area contributed by atoms with E-state index in [2.05, 4.69) is 10.3 Å². The third-order valence-electron chi connectivity index (χ3n) is 4.49. The fourth-order valence-electron chi connectivity index (χ4n) is 2.80. The quantitative estimate of drug-likeness (QED) is 0.454. The zero-order valence-corrected chi connectivity index (χ0v) is 17.4. The van der Waals surface area contributed by atoms with Crippen molar-refractivity contribution in [1.29, 1.82) is 0 Å². The number of amides is 1. The van der Waals surface area contributed by atoms with E-state index >= 15 is 0 Å². The zero-order valence-electron chi connectivity index (χ0n) is 16.6. The van der Waals surface area contributed by atoms with Crippen molar-refractivity contribution in [2.24, 2.45) is 0 Å². The van der Waals surface area contributed by atoms with E-state index in [1.807, 2.05) is 0 Å². The molecule has 1 N–H and O–H groups in total. The van der Waals surface area contributed by atoms with Gasteiger partial charge in [-0.15, -0.1) is 11.3 Å². The highest BCUT2D eigenvalue weighted by atomic mass is 32.1. The van der Waals surface area contributed by atoms with E-state index in [0.29, 0.717) is 16.1 Å². The smallest absolute Gasteiger partial charge is 0.348 e. The number of hydrogen-bond donors (Lipinski definition) is 1. The summed E-state index contributed by atoms with van der Waals surface area (Å²) < 4.78 is 24.2. The molecule has 0 radical (unpaired) electrons. The van der Waals surface area contributed by atoms with E-state index < -0.39 is 29.3 Å². The van der Waals surface area contributed by atoms with Crippen LogP contribution in [0.4, 0.5) is 10.1 Å². The molecule has 0 saturated carbocycles. The molecule has 8 nitrogen and oxygen atoms in total. The number of carbonyl (C=O) groups excluding carboxylic acids is 2. The van der Waals surface area contributed by atoms with Gasteiger partial charge in [0.25, 0.3) is 5.56 Å². The number of benzene rings is 1. The Kier molecular flexibility index (Phi) is 6.58. The van der Waals surface area contributed by atoms with E-state index in [1.54, 1.807) is 13.8 Å². The molecule has 3 aromatic rings. The van der Waals surface area contributed by atoms with Gasteiger partial charge in [0.05, 0.1) is 18.3 Å². The number of nitrogens with one attached hydrogen (secondary N) is 1. The molecule has 2 aromatic heterocycles. The molecule has 2 heterocycles. The minimum Gasteiger partial charge on any atom is -0.459 e. The molecule has 0 spiro atoms. The number of rotatable bonds is 7. The molecule has 0 bridgehead atoms. The van der Waals surface area contributed by atoms with Crippen molar-refractivity contribution < 1.29 is 23.5 Å². The number of ether oxygens (including phenoxy) is 2. The second-order valence-corrected chi connectivity index (χ2v) is 7.49. The van der Waals surface area contributed by atoms with E-state index in [9.17, 15) is 18.8 Å². The SMILES string of the molecule is COCCOC(=O)c1sc2ncn(C(C)C(=O)Nc3ccc(F)cc3)c(=O)c2c1C. The summed E-state index contributed by atoms with van der Waals surface area (Å²) in [7, 11) is 1.50. The van der Waals surface area contributed by atoms with Gasteiger partial charge in [-0.2, -0.15) is 0 Å². The number of fused-ring (bicyclic) bond motifs is 1. The number of esters is 1. The first-order valence-electron chi connectivity index (χ1n) is 9.06. The lowest BCUT2D eigenvalue weighted by molar-refractivity contribution is -0.118. The van der Waals surface area contributed by atoms with E-state index in [0.717, 1.165) is 11.3 Å². The van der Waals surface area contributed by atoms with Crippen LogP contribution in [0.3, 0.4) is 0 Å². The maximum absolute atomic E-state index is 13.0. The lowest BCUT2D eigenvalue weighted by atomic mass is 10.2. The average Bonchev–Trinajstić information content (AvgIpc) is 3.07. The standard InChI is InChI=1S/C20H20FN3O5S/c1-11-15-18(30-16(11)20(27)29-9-8-28-3)22-10-24(19(15)26)12(2)17(25)23-14-6-4-13(21)5-7-14/h4-7,10,12H,8-9H2,1-3H3,(H,23,25). The highest BCUT2D eigenvalue weighted by molar-refractivity contribution is 7.20. The van der Waals surface area contributed by atoms with E-state index in [1.165, 1.54) is 42.3 Å². The number of hydrogen-bond acceptors (Lipinski definition) is 7. The second-order valence-electron chi connectivity index (χ2n) is 6.49. The normalized spacial score (nSPS) is 12.0. The predicted octanol–water partition coefficient (Wildman–Crippen LogP) is 2.91. The first-order chi connectivity index (χ1) is 14.3. The molecule has 1 unspecified atom stereocenters. The van der Waals surface area contributed by atoms with Crippen molar-refractivity contribution in [3.63, 3.8) is 0 Å². The Hall–Kier alpha value is -3.11. The van der Waals surface area contributed by atoms with E-state index in [4.69, 9.17) is 9.47 Å². The lowest BCUT2D eigenvalue weighted by Crippen LogP contribution is -2.31. The van der Waals surface area contributed by atoms with Crippen LogP contribution in [-0.4, -0.2) is 41.8 Å². The molecule has 10 heteroatoms. The summed E-state index contributed by atoms with van der Waals surface area (Å²) in [5, 5.41) is 2.90. The van der Waals surface area contributed by atoms with E-state index in [-0.39, 0.29) is 23.5 Å². The summed E-state index contributed by atoms with van der Waals surface area (Å²) >= 11 is 1.06. The van der Waals surface area contributed by atoms with Crippen LogP contribution in [0.1, 0.15) is 28.2 Å². The Balaban J connectivity index is 1.87. The number of anilines is 1.